The Bertz CT molecular complexity index is 1450. The Morgan fingerprint density at radius 3 is 2.60 bits per heavy atom. The van der Waals surface area contributed by atoms with Crippen molar-refractivity contribution in [1.29, 1.82) is 0 Å². The molecular weight excluding hydrogens is 448 g/mol. The van der Waals surface area contributed by atoms with E-state index in [9.17, 15) is 9.59 Å². The van der Waals surface area contributed by atoms with Crippen LogP contribution in [0.4, 0.5) is 28.8 Å². The number of hydrogen-bond acceptors (Lipinski definition) is 9. The number of hydrogen-bond donors (Lipinski definition) is 4. The second kappa shape index (κ2) is 9.11. The number of H-pyrrole nitrogens is 1. The zero-order valence-electron chi connectivity index (χ0n) is 19.5. The van der Waals surface area contributed by atoms with Crippen molar-refractivity contribution >= 4 is 45.8 Å². The van der Waals surface area contributed by atoms with Crippen molar-refractivity contribution in [3.63, 3.8) is 0 Å². The Labute approximate surface area is 201 Å². The van der Waals surface area contributed by atoms with E-state index in [0.29, 0.717) is 34.1 Å². The van der Waals surface area contributed by atoms with Gasteiger partial charge in [0, 0.05) is 55.0 Å². The third kappa shape index (κ3) is 4.80. The minimum atomic E-state index is -0.504. The highest BCUT2D eigenvalue weighted by molar-refractivity contribution is 6.00. The summed E-state index contributed by atoms with van der Waals surface area (Å²) < 4.78 is 5.05. The van der Waals surface area contributed by atoms with Crippen LogP contribution in [0, 0.1) is 6.92 Å². The van der Waals surface area contributed by atoms with E-state index in [0.717, 1.165) is 43.1 Å². The molecule has 2 aromatic carbocycles. The fraction of sp³-hybridized carbons (Fsp3) is 0.250. The van der Waals surface area contributed by atoms with E-state index in [1.165, 1.54) is 0 Å². The monoisotopic (exact) mass is 474 g/mol. The number of carbonyl (C=O) groups is 1. The van der Waals surface area contributed by atoms with Crippen molar-refractivity contribution in [3.05, 3.63) is 64.3 Å². The molecule has 0 aliphatic carbocycles. The second-order valence-corrected chi connectivity index (χ2v) is 8.59. The maximum absolute atomic E-state index is 12.2. The quantitative estimate of drug-likeness (QED) is 0.331. The number of oxazole rings is 1. The molecule has 11 heteroatoms. The topological polar surface area (TPSA) is 145 Å². The van der Waals surface area contributed by atoms with Crippen LogP contribution in [0.15, 0.2) is 51.8 Å². The van der Waals surface area contributed by atoms with E-state index in [2.05, 4.69) is 42.4 Å². The number of aryl methyl sites for hydroxylation is 1. The SMILES string of the molecule is Cc1cnc(Nc2ccc(N3CCN(C)CC3)c(C(N)=O)c2)nc1Nc1ccc2oc(=O)[nH]c2c1. The van der Waals surface area contributed by atoms with Crippen LogP contribution >= 0.6 is 0 Å². The summed E-state index contributed by atoms with van der Waals surface area (Å²) in [6, 6.07) is 10.8. The minimum absolute atomic E-state index is 0.360. The van der Waals surface area contributed by atoms with E-state index in [4.69, 9.17) is 10.2 Å². The number of piperazine rings is 1. The molecule has 1 fully saturated rings. The third-order valence-electron chi connectivity index (χ3n) is 6.02. The number of carbonyl (C=O) groups excluding carboxylic acids is 1. The summed E-state index contributed by atoms with van der Waals surface area (Å²) in [6.07, 6.45) is 1.70. The first-order valence-electron chi connectivity index (χ1n) is 11.2. The van der Waals surface area contributed by atoms with Crippen molar-refractivity contribution in [1.82, 2.24) is 19.9 Å². The number of rotatable bonds is 6. The lowest BCUT2D eigenvalue weighted by atomic mass is 10.1. The average molecular weight is 475 g/mol. The molecule has 0 radical (unpaired) electrons. The normalized spacial score (nSPS) is 14.3. The molecular formula is C24H26N8O3. The standard InChI is InChI=1S/C24H26N8O3/c1-14-13-26-23(30-22(14)27-16-4-6-20-18(12-16)29-24(34)35-20)28-15-3-5-19(17(11-15)21(25)33)32-9-7-31(2)8-10-32/h3-6,11-13H,7-10H2,1-2H3,(H2,25,33)(H,29,34)(H2,26,27,28,30). The number of benzene rings is 2. The lowest BCUT2D eigenvalue weighted by Gasteiger charge is -2.35. The molecule has 1 saturated heterocycles. The van der Waals surface area contributed by atoms with Gasteiger partial charge in [-0.1, -0.05) is 0 Å². The number of nitrogens with zero attached hydrogens (tertiary/aromatic N) is 4. The predicted molar refractivity (Wildman–Crippen MR) is 135 cm³/mol. The molecule has 11 nitrogen and oxygen atoms in total. The molecule has 4 aromatic rings. The molecule has 0 bridgehead atoms. The van der Waals surface area contributed by atoms with E-state index < -0.39 is 11.7 Å². The fourth-order valence-electron chi connectivity index (χ4n) is 4.06. The highest BCUT2D eigenvalue weighted by Gasteiger charge is 2.20. The molecule has 1 aliphatic heterocycles. The number of anilines is 5. The molecule has 1 aliphatic rings. The number of aromatic nitrogens is 3. The molecule has 0 saturated carbocycles. The number of primary amides is 1. The summed E-state index contributed by atoms with van der Waals surface area (Å²) in [6.45, 7) is 5.40. The van der Waals surface area contributed by atoms with Crippen LogP contribution in [0.25, 0.3) is 11.1 Å². The first-order chi connectivity index (χ1) is 16.9. The first kappa shape index (κ1) is 22.4. The molecule has 35 heavy (non-hydrogen) atoms. The summed E-state index contributed by atoms with van der Waals surface area (Å²) in [7, 11) is 2.08. The Hall–Kier alpha value is -4.38. The Kier molecular flexibility index (Phi) is 5.83. The Balaban J connectivity index is 1.37. The van der Waals surface area contributed by atoms with Crippen molar-refractivity contribution in [2.24, 2.45) is 5.73 Å². The zero-order valence-corrected chi connectivity index (χ0v) is 19.5. The van der Waals surface area contributed by atoms with Gasteiger partial charge in [0.15, 0.2) is 5.58 Å². The molecule has 1 amide bonds. The van der Waals surface area contributed by atoms with E-state index in [1.807, 2.05) is 19.1 Å². The smallest absolute Gasteiger partial charge is 0.408 e. The maximum Gasteiger partial charge on any atom is 0.417 e. The van der Waals surface area contributed by atoms with Crippen molar-refractivity contribution in [2.75, 3.05) is 48.8 Å². The molecule has 5 N–H and O–H groups in total. The summed E-state index contributed by atoms with van der Waals surface area (Å²) >= 11 is 0. The van der Waals surface area contributed by atoms with Crippen LogP contribution in [0.1, 0.15) is 15.9 Å². The largest absolute Gasteiger partial charge is 0.417 e. The molecule has 5 rings (SSSR count). The van der Waals surface area contributed by atoms with E-state index in [-0.39, 0.29) is 0 Å². The van der Waals surface area contributed by atoms with Crippen LogP contribution in [0.2, 0.25) is 0 Å². The van der Waals surface area contributed by atoms with E-state index in [1.54, 1.807) is 30.5 Å². The molecule has 0 unspecified atom stereocenters. The second-order valence-electron chi connectivity index (χ2n) is 8.59. The van der Waals surface area contributed by atoms with Gasteiger partial charge in [0.2, 0.25) is 5.95 Å². The van der Waals surface area contributed by atoms with Crippen molar-refractivity contribution in [2.45, 2.75) is 6.92 Å². The van der Waals surface area contributed by atoms with Gasteiger partial charge in [-0.05, 0) is 50.4 Å². The van der Waals surface area contributed by atoms with Crippen LogP contribution < -0.4 is 27.0 Å². The van der Waals surface area contributed by atoms with Crippen LogP contribution in [0.3, 0.4) is 0 Å². The zero-order chi connectivity index (χ0) is 24.5. The van der Waals surface area contributed by atoms with Gasteiger partial charge in [-0.15, -0.1) is 0 Å². The van der Waals surface area contributed by atoms with Crippen LogP contribution in [-0.4, -0.2) is 59.0 Å². The average Bonchev–Trinajstić information content (AvgIpc) is 3.21. The van der Waals surface area contributed by atoms with Crippen LogP contribution in [0.5, 0.6) is 0 Å². The highest BCUT2D eigenvalue weighted by Crippen LogP contribution is 2.27. The maximum atomic E-state index is 12.2. The van der Waals surface area contributed by atoms with Gasteiger partial charge in [-0.2, -0.15) is 4.98 Å². The van der Waals surface area contributed by atoms with Gasteiger partial charge in [0.1, 0.15) is 5.82 Å². The lowest BCUT2D eigenvalue weighted by Crippen LogP contribution is -2.45. The highest BCUT2D eigenvalue weighted by atomic mass is 16.4. The molecule has 0 atom stereocenters. The number of likely N-dealkylation sites (N-methyl/N-ethyl adjacent to an activating group) is 1. The van der Waals surface area contributed by atoms with Crippen molar-refractivity contribution in [3.8, 4) is 0 Å². The van der Waals surface area contributed by atoms with Gasteiger partial charge < -0.3 is 30.6 Å². The number of fused-ring (bicyclic) bond motifs is 1. The van der Waals surface area contributed by atoms with Gasteiger partial charge >= 0.3 is 5.76 Å². The predicted octanol–water partition coefficient (Wildman–Crippen LogP) is 2.56. The summed E-state index contributed by atoms with van der Waals surface area (Å²) in [5, 5.41) is 6.41. The fourth-order valence-corrected chi connectivity index (χ4v) is 4.06. The molecule has 2 aromatic heterocycles. The van der Waals surface area contributed by atoms with Gasteiger partial charge in [0.05, 0.1) is 11.1 Å². The van der Waals surface area contributed by atoms with Gasteiger partial charge in [-0.3, -0.25) is 9.78 Å². The molecule has 0 spiro atoms. The van der Waals surface area contributed by atoms with Crippen LogP contribution in [-0.2, 0) is 0 Å². The summed E-state index contributed by atoms with van der Waals surface area (Å²) in [4.78, 5) is 39.7. The summed E-state index contributed by atoms with van der Waals surface area (Å²) in [5.41, 5.74) is 10.3. The minimum Gasteiger partial charge on any atom is -0.408 e. The number of nitrogens with one attached hydrogen (secondary N) is 3. The number of aromatic amines is 1. The summed E-state index contributed by atoms with van der Waals surface area (Å²) in [5.74, 6) is -0.0335. The Morgan fingerprint density at radius 2 is 1.83 bits per heavy atom. The molecule has 180 valence electrons. The molecule has 3 heterocycles. The third-order valence-corrected chi connectivity index (χ3v) is 6.02. The first-order valence-corrected chi connectivity index (χ1v) is 11.2. The lowest BCUT2D eigenvalue weighted by molar-refractivity contribution is 0.100. The Morgan fingerprint density at radius 1 is 1.09 bits per heavy atom. The van der Waals surface area contributed by atoms with Crippen molar-refractivity contribution < 1.29 is 9.21 Å². The van der Waals surface area contributed by atoms with E-state index >= 15 is 0 Å². The van der Waals surface area contributed by atoms with Gasteiger partial charge in [-0.25, -0.2) is 9.78 Å². The number of amides is 1. The number of nitrogens with two attached hydrogens (primary N) is 1. The van der Waals surface area contributed by atoms with Gasteiger partial charge in [0.25, 0.3) is 5.91 Å².